The van der Waals surface area contributed by atoms with Gasteiger partial charge >= 0.3 is 0 Å². The zero-order valence-corrected chi connectivity index (χ0v) is 14.4. The Morgan fingerprint density at radius 2 is 1.86 bits per heavy atom. The van der Waals surface area contributed by atoms with Crippen LogP contribution in [0.2, 0.25) is 0 Å². The van der Waals surface area contributed by atoms with E-state index < -0.39 is 10.2 Å². The summed E-state index contributed by atoms with van der Waals surface area (Å²) in [5.74, 6) is 1.35. The third-order valence-corrected chi connectivity index (χ3v) is 5.12. The van der Waals surface area contributed by atoms with Crippen molar-refractivity contribution in [2.45, 2.75) is 19.9 Å². The highest BCUT2D eigenvalue weighted by Crippen LogP contribution is 2.15. The molecule has 0 spiro atoms. The SMILES string of the molecule is Cc1ccc(CN(CCN(C)C)S(=O)(=O)N(C)CCC#N)o1. The lowest BCUT2D eigenvalue weighted by Gasteiger charge is -2.27. The first kappa shape index (κ1) is 18.6. The summed E-state index contributed by atoms with van der Waals surface area (Å²) in [5, 5.41) is 8.63. The van der Waals surface area contributed by atoms with E-state index in [9.17, 15) is 8.42 Å². The molecule has 0 saturated carbocycles. The van der Waals surface area contributed by atoms with Crippen LogP contribution in [-0.2, 0) is 16.8 Å². The topological polar surface area (TPSA) is 80.8 Å². The van der Waals surface area contributed by atoms with Crippen molar-refractivity contribution in [2.24, 2.45) is 0 Å². The Balaban J connectivity index is 2.90. The first-order valence-corrected chi connectivity index (χ1v) is 8.45. The number of hydrogen-bond acceptors (Lipinski definition) is 5. The van der Waals surface area contributed by atoms with Gasteiger partial charge in [-0.3, -0.25) is 0 Å². The van der Waals surface area contributed by atoms with Gasteiger partial charge in [0.2, 0.25) is 0 Å². The molecule has 0 fully saturated rings. The van der Waals surface area contributed by atoms with Crippen LogP contribution in [0.3, 0.4) is 0 Å². The molecular formula is C14H24N4O3S. The van der Waals surface area contributed by atoms with Crippen LogP contribution in [0.15, 0.2) is 16.5 Å². The van der Waals surface area contributed by atoms with E-state index in [1.54, 1.807) is 6.07 Å². The van der Waals surface area contributed by atoms with Crippen molar-refractivity contribution in [3.63, 3.8) is 0 Å². The van der Waals surface area contributed by atoms with Gasteiger partial charge in [-0.2, -0.15) is 22.3 Å². The number of rotatable bonds is 9. The molecule has 0 aliphatic heterocycles. The summed E-state index contributed by atoms with van der Waals surface area (Å²) >= 11 is 0. The molecule has 1 aromatic rings. The van der Waals surface area contributed by atoms with Gasteiger partial charge in [-0.15, -0.1) is 0 Å². The van der Waals surface area contributed by atoms with Gasteiger partial charge in [-0.05, 0) is 33.2 Å². The Labute approximate surface area is 132 Å². The van der Waals surface area contributed by atoms with Crippen LogP contribution in [0.25, 0.3) is 0 Å². The lowest BCUT2D eigenvalue weighted by atomic mass is 10.4. The molecule has 8 heteroatoms. The minimum atomic E-state index is -3.63. The van der Waals surface area contributed by atoms with Crippen molar-refractivity contribution in [1.82, 2.24) is 13.5 Å². The fourth-order valence-corrected chi connectivity index (χ4v) is 3.17. The highest BCUT2D eigenvalue weighted by Gasteiger charge is 2.27. The molecule has 0 N–H and O–H groups in total. The van der Waals surface area contributed by atoms with Crippen molar-refractivity contribution in [2.75, 3.05) is 40.8 Å². The lowest BCUT2D eigenvalue weighted by Crippen LogP contribution is -2.44. The third-order valence-electron chi connectivity index (χ3n) is 3.18. The predicted octanol–water partition coefficient (Wildman–Crippen LogP) is 1.04. The second kappa shape index (κ2) is 8.29. The maximum absolute atomic E-state index is 12.6. The van der Waals surface area contributed by atoms with Crippen LogP contribution >= 0.6 is 0 Å². The predicted molar refractivity (Wildman–Crippen MR) is 84.2 cm³/mol. The van der Waals surface area contributed by atoms with Gasteiger partial charge in [0, 0.05) is 33.1 Å². The van der Waals surface area contributed by atoms with Crippen LogP contribution in [0.5, 0.6) is 0 Å². The highest BCUT2D eigenvalue weighted by atomic mass is 32.2. The minimum Gasteiger partial charge on any atom is -0.465 e. The summed E-state index contributed by atoms with van der Waals surface area (Å²) in [6.45, 7) is 3.13. The Morgan fingerprint density at radius 1 is 1.18 bits per heavy atom. The molecule has 0 aromatic carbocycles. The van der Waals surface area contributed by atoms with Crippen LogP contribution in [0.1, 0.15) is 17.9 Å². The Kier molecular flexibility index (Phi) is 7.03. The van der Waals surface area contributed by atoms with Crippen LogP contribution in [0.4, 0.5) is 0 Å². The first-order valence-electron chi connectivity index (χ1n) is 7.05. The highest BCUT2D eigenvalue weighted by molar-refractivity contribution is 7.86. The Bertz CT molecular complexity index is 604. The molecule has 1 aromatic heterocycles. The zero-order valence-electron chi connectivity index (χ0n) is 13.6. The number of hydrogen-bond donors (Lipinski definition) is 0. The minimum absolute atomic E-state index is 0.164. The van der Waals surface area contributed by atoms with Gasteiger partial charge in [0.15, 0.2) is 0 Å². The van der Waals surface area contributed by atoms with Crippen molar-refractivity contribution in [3.05, 3.63) is 23.7 Å². The summed E-state index contributed by atoms with van der Waals surface area (Å²) < 4.78 is 33.4. The molecule has 0 amide bonds. The third kappa shape index (κ3) is 5.42. The molecule has 0 bridgehead atoms. The number of nitriles is 1. The average molecular weight is 328 g/mol. The smallest absolute Gasteiger partial charge is 0.282 e. The second-order valence-electron chi connectivity index (χ2n) is 5.39. The van der Waals surface area contributed by atoms with Crippen molar-refractivity contribution in [1.29, 1.82) is 5.26 Å². The number of aryl methyl sites for hydroxylation is 1. The van der Waals surface area contributed by atoms with E-state index in [-0.39, 0.29) is 19.5 Å². The summed E-state index contributed by atoms with van der Waals surface area (Å²) in [6.07, 6.45) is 0.164. The largest absolute Gasteiger partial charge is 0.465 e. The molecule has 1 rings (SSSR count). The summed E-state index contributed by atoms with van der Waals surface area (Å²) in [4.78, 5) is 1.92. The number of furan rings is 1. The van der Waals surface area contributed by atoms with Crippen LogP contribution in [0, 0.1) is 18.3 Å². The lowest BCUT2D eigenvalue weighted by molar-refractivity contribution is 0.292. The van der Waals surface area contributed by atoms with Crippen molar-refractivity contribution in [3.8, 4) is 6.07 Å². The fourth-order valence-electron chi connectivity index (χ4n) is 1.85. The summed E-state index contributed by atoms with van der Waals surface area (Å²) in [7, 11) is 1.64. The molecular weight excluding hydrogens is 304 g/mol. The van der Waals surface area contributed by atoms with Crippen molar-refractivity contribution >= 4 is 10.2 Å². The average Bonchev–Trinajstić information content (AvgIpc) is 2.85. The Morgan fingerprint density at radius 3 is 2.36 bits per heavy atom. The van der Waals surface area contributed by atoms with E-state index in [2.05, 4.69) is 0 Å². The van der Waals surface area contributed by atoms with Gasteiger partial charge in [0.1, 0.15) is 11.5 Å². The Hall–Kier alpha value is -1.40. The molecule has 0 unspecified atom stereocenters. The molecule has 22 heavy (non-hydrogen) atoms. The monoisotopic (exact) mass is 328 g/mol. The fraction of sp³-hybridized carbons (Fsp3) is 0.643. The molecule has 124 valence electrons. The van der Waals surface area contributed by atoms with Gasteiger partial charge in [0.25, 0.3) is 10.2 Å². The zero-order chi connectivity index (χ0) is 16.8. The van der Waals surface area contributed by atoms with Crippen LogP contribution < -0.4 is 0 Å². The van der Waals surface area contributed by atoms with Gasteiger partial charge in [0.05, 0.1) is 12.6 Å². The molecule has 7 nitrogen and oxygen atoms in total. The number of likely N-dealkylation sites (N-methyl/N-ethyl adjacent to an activating group) is 1. The standard InChI is InChI=1S/C14H24N4O3S/c1-13-6-7-14(21-13)12-18(11-10-16(2)3)22(19,20)17(4)9-5-8-15/h6-7H,5,9-12H2,1-4H3. The van der Waals surface area contributed by atoms with Crippen molar-refractivity contribution < 1.29 is 12.8 Å². The van der Waals surface area contributed by atoms with Gasteiger partial charge < -0.3 is 9.32 Å². The number of nitrogens with zero attached hydrogens (tertiary/aromatic N) is 4. The van der Waals surface area contributed by atoms with E-state index >= 15 is 0 Å². The quantitative estimate of drug-likeness (QED) is 0.676. The van der Waals surface area contributed by atoms with E-state index in [4.69, 9.17) is 9.68 Å². The van der Waals surface area contributed by atoms with E-state index in [1.165, 1.54) is 15.7 Å². The van der Waals surface area contributed by atoms with Gasteiger partial charge in [-0.25, -0.2) is 0 Å². The molecule has 0 saturated heterocycles. The maximum Gasteiger partial charge on any atom is 0.282 e. The second-order valence-corrected chi connectivity index (χ2v) is 7.42. The van der Waals surface area contributed by atoms with Gasteiger partial charge in [-0.1, -0.05) is 0 Å². The molecule has 0 aliphatic rings. The molecule has 0 atom stereocenters. The summed E-state index contributed by atoms with van der Waals surface area (Å²) in [6, 6.07) is 5.55. The van der Waals surface area contributed by atoms with Crippen LogP contribution in [-0.4, -0.2) is 62.7 Å². The molecule has 1 heterocycles. The molecule has 0 aliphatic carbocycles. The van der Waals surface area contributed by atoms with E-state index in [0.29, 0.717) is 18.8 Å². The normalized spacial score (nSPS) is 12.3. The van der Waals surface area contributed by atoms with E-state index in [1.807, 2.05) is 38.1 Å². The summed E-state index contributed by atoms with van der Waals surface area (Å²) in [5.41, 5.74) is 0. The molecule has 0 radical (unpaired) electrons. The maximum atomic E-state index is 12.6. The van der Waals surface area contributed by atoms with E-state index in [0.717, 1.165) is 5.76 Å². The first-order chi connectivity index (χ1) is 10.3.